The SMILES string of the molecule is Cc1cccc(-c2noc(CS(=O)(=O)C(C)C(=O)Nc3ccccc3)n2)c1. The van der Waals surface area contributed by atoms with Crippen LogP contribution in [0.2, 0.25) is 0 Å². The molecule has 0 aliphatic carbocycles. The molecule has 1 amide bonds. The van der Waals surface area contributed by atoms with Gasteiger partial charge in [0.2, 0.25) is 17.6 Å². The number of hydrogen-bond donors (Lipinski definition) is 1. The number of hydrogen-bond acceptors (Lipinski definition) is 6. The number of nitrogens with one attached hydrogen (secondary N) is 1. The van der Waals surface area contributed by atoms with Gasteiger partial charge in [-0.2, -0.15) is 4.98 Å². The smallest absolute Gasteiger partial charge is 0.242 e. The molecule has 1 N–H and O–H groups in total. The van der Waals surface area contributed by atoms with Crippen LogP contribution in [0, 0.1) is 6.92 Å². The number of carbonyl (C=O) groups excluding carboxylic acids is 1. The summed E-state index contributed by atoms with van der Waals surface area (Å²) in [4.78, 5) is 16.4. The summed E-state index contributed by atoms with van der Waals surface area (Å²) < 4.78 is 30.2. The van der Waals surface area contributed by atoms with E-state index in [1.807, 2.05) is 31.2 Å². The van der Waals surface area contributed by atoms with Crippen molar-refractivity contribution in [1.29, 1.82) is 0 Å². The van der Waals surface area contributed by atoms with Crippen molar-refractivity contribution in [2.24, 2.45) is 0 Å². The minimum Gasteiger partial charge on any atom is -0.338 e. The van der Waals surface area contributed by atoms with Gasteiger partial charge in [0.05, 0.1) is 0 Å². The second kappa shape index (κ2) is 7.71. The number of anilines is 1. The summed E-state index contributed by atoms with van der Waals surface area (Å²) in [5.41, 5.74) is 2.29. The quantitative estimate of drug-likeness (QED) is 0.700. The van der Waals surface area contributed by atoms with Crippen molar-refractivity contribution in [3.63, 3.8) is 0 Å². The number of para-hydroxylation sites is 1. The molecule has 8 heteroatoms. The van der Waals surface area contributed by atoms with Crippen molar-refractivity contribution >= 4 is 21.4 Å². The Bertz CT molecular complexity index is 1050. The number of rotatable bonds is 6. The zero-order chi connectivity index (χ0) is 19.4. The van der Waals surface area contributed by atoms with Crippen molar-refractivity contribution in [2.75, 3.05) is 5.32 Å². The molecule has 0 fully saturated rings. The first-order chi connectivity index (χ1) is 12.8. The number of amides is 1. The van der Waals surface area contributed by atoms with Crippen LogP contribution in [-0.4, -0.2) is 29.7 Å². The number of carbonyl (C=O) groups is 1. The molecule has 0 saturated carbocycles. The zero-order valence-corrected chi connectivity index (χ0v) is 15.7. The third-order valence-electron chi connectivity index (χ3n) is 4.02. The lowest BCUT2D eigenvalue weighted by Gasteiger charge is -2.12. The number of nitrogens with zero attached hydrogens (tertiary/aromatic N) is 2. The first-order valence-electron chi connectivity index (χ1n) is 8.32. The maximum absolute atomic E-state index is 12.5. The monoisotopic (exact) mass is 385 g/mol. The van der Waals surface area contributed by atoms with Gasteiger partial charge in [0.15, 0.2) is 9.84 Å². The predicted molar refractivity (Wildman–Crippen MR) is 102 cm³/mol. The molecule has 7 nitrogen and oxygen atoms in total. The Morgan fingerprint density at radius 2 is 1.89 bits per heavy atom. The van der Waals surface area contributed by atoms with E-state index in [9.17, 15) is 13.2 Å². The second-order valence-corrected chi connectivity index (χ2v) is 8.51. The maximum atomic E-state index is 12.5. The molecule has 1 unspecified atom stereocenters. The summed E-state index contributed by atoms with van der Waals surface area (Å²) in [6.45, 7) is 3.27. The third-order valence-corrected chi connectivity index (χ3v) is 5.96. The highest BCUT2D eigenvalue weighted by atomic mass is 32.2. The van der Waals surface area contributed by atoms with Gasteiger partial charge in [-0.15, -0.1) is 0 Å². The number of sulfone groups is 1. The molecule has 0 radical (unpaired) electrons. The summed E-state index contributed by atoms with van der Waals surface area (Å²) in [6.07, 6.45) is 0. The van der Waals surface area contributed by atoms with Gasteiger partial charge in [-0.1, -0.05) is 47.1 Å². The minimum atomic E-state index is -3.82. The van der Waals surface area contributed by atoms with E-state index in [1.165, 1.54) is 6.92 Å². The Morgan fingerprint density at radius 3 is 2.59 bits per heavy atom. The number of aryl methyl sites for hydroxylation is 1. The summed E-state index contributed by atoms with van der Waals surface area (Å²) in [7, 11) is -3.82. The minimum absolute atomic E-state index is 0.0501. The highest BCUT2D eigenvalue weighted by Gasteiger charge is 2.30. The fraction of sp³-hybridized carbons (Fsp3) is 0.211. The van der Waals surface area contributed by atoms with Crippen LogP contribution < -0.4 is 5.32 Å². The van der Waals surface area contributed by atoms with Gasteiger partial charge < -0.3 is 9.84 Å². The van der Waals surface area contributed by atoms with E-state index in [4.69, 9.17) is 4.52 Å². The Labute approximate surface area is 157 Å². The molecule has 1 aromatic heterocycles. The van der Waals surface area contributed by atoms with E-state index >= 15 is 0 Å². The molecule has 0 bridgehead atoms. The Morgan fingerprint density at radius 1 is 1.15 bits per heavy atom. The Balaban J connectivity index is 1.71. The van der Waals surface area contributed by atoms with Crippen LogP contribution in [0.1, 0.15) is 18.4 Å². The van der Waals surface area contributed by atoms with Gasteiger partial charge in [-0.25, -0.2) is 8.42 Å². The number of benzene rings is 2. The lowest BCUT2D eigenvalue weighted by molar-refractivity contribution is -0.115. The fourth-order valence-corrected chi connectivity index (χ4v) is 3.54. The van der Waals surface area contributed by atoms with Crippen LogP contribution in [0.15, 0.2) is 59.1 Å². The van der Waals surface area contributed by atoms with E-state index in [-0.39, 0.29) is 5.89 Å². The Hall–Kier alpha value is -3.00. The van der Waals surface area contributed by atoms with Crippen LogP contribution in [0.4, 0.5) is 5.69 Å². The molecule has 27 heavy (non-hydrogen) atoms. The lowest BCUT2D eigenvalue weighted by Crippen LogP contribution is -2.33. The maximum Gasteiger partial charge on any atom is 0.242 e. The topological polar surface area (TPSA) is 102 Å². The average Bonchev–Trinajstić information content (AvgIpc) is 3.09. The first kappa shape index (κ1) is 18.8. The Kier molecular flexibility index (Phi) is 5.36. The summed E-state index contributed by atoms with van der Waals surface area (Å²) >= 11 is 0. The largest absolute Gasteiger partial charge is 0.338 e. The van der Waals surface area contributed by atoms with Crippen LogP contribution in [-0.2, 0) is 20.4 Å². The molecule has 2 aromatic carbocycles. The van der Waals surface area contributed by atoms with E-state index in [2.05, 4.69) is 15.5 Å². The van der Waals surface area contributed by atoms with Crippen LogP contribution in [0.3, 0.4) is 0 Å². The molecule has 1 heterocycles. The molecule has 0 saturated heterocycles. The van der Waals surface area contributed by atoms with E-state index < -0.39 is 26.7 Å². The van der Waals surface area contributed by atoms with E-state index in [0.29, 0.717) is 11.5 Å². The van der Waals surface area contributed by atoms with E-state index in [1.54, 1.807) is 30.3 Å². The zero-order valence-electron chi connectivity index (χ0n) is 14.9. The highest BCUT2D eigenvalue weighted by Crippen LogP contribution is 2.19. The van der Waals surface area contributed by atoms with E-state index in [0.717, 1.165) is 11.1 Å². The molecule has 0 spiro atoms. The summed E-state index contributed by atoms with van der Waals surface area (Å²) in [5.74, 6) is -0.856. The average molecular weight is 385 g/mol. The van der Waals surface area contributed by atoms with Gasteiger partial charge >= 0.3 is 0 Å². The molecule has 140 valence electrons. The van der Waals surface area contributed by atoms with Gasteiger partial charge in [-0.3, -0.25) is 4.79 Å². The summed E-state index contributed by atoms with van der Waals surface area (Å²) in [6, 6.07) is 16.1. The molecule has 0 aliphatic heterocycles. The lowest BCUT2D eigenvalue weighted by atomic mass is 10.1. The number of aromatic nitrogens is 2. The standard InChI is InChI=1S/C19H19N3O4S/c1-13-7-6-8-15(11-13)18-21-17(26-22-18)12-27(24,25)14(2)19(23)20-16-9-4-3-5-10-16/h3-11,14H,12H2,1-2H3,(H,20,23). The van der Waals surface area contributed by atoms with Gasteiger partial charge in [-0.05, 0) is 32.0 Å². The van der Waals surface area contributed by atoms with Crippen molar-refractivity contribution in [3.05, 3.63) is 66.1 Å². The van der Waals surface area contributed by atoms with Crippen LogP contribution >= 0.6 is 0 Å². The highest BCUT2D eigenvalue weighted by molar-refractivity contribution is 7.92. The summed E-state index contributed by atoms with van der Waals surface area (Å²) in [5, 5.41) is 5.16. The van der Waals surface area contributed by atoms with Crippen molar-refractivity contribution in [2.45, 2.75) is 24.9 Å². The first-order valence-corrected chi connectivity index (χ1v) is 10.0. The van der Waals surface area contributed by atoms with Crippen molar-refractivity contribution in [1.82, 2.24) is 10.1 Å². The third kappa shape index (κ3) is 4.59. The van der Waals surface area contributed by atoms with Gasteiger partial charge in [0, 0.05) is 11.3 Å². The van der Waals surface area contributed by atoms with Crippen molar-refractivity contribution < 1.29 is 17.7 Å². The molecule has 0 aliphatic rings. The van der Waals surface area contributed by atoms with Gasteiger partial charge in [0.1, 0.15) is 11.0 Å². The second-order valence-electron chi connectivity index (χ2n) is 6.19. The van der Waals surface area contributed by atoms with Gasteiger partial charge in [0.25, 0.3) is 0 Å². The van der Waals surface area contributed by atoms with Crippen molar-refractivity contribution in [3.8, 4) is 11.4 Å². The van der Waals surface area contributed by atoms with Crippen LogP contribution in [0.25, 0.3) is 11.4 Å². The molecule has 3 aromatic rings. The molecular weight excluding hydrogens is 366 g/mol. The molecule has 1 atom stereocenters. The van der Waals surface area contributed by atoms with Crippen LogP contribution in [0.5, 0.6) is 0 Å². The fourth-order valence-electron chi connectivity index (χ4n) is 2.44. The molecule has 3 rings (SSSR count). The molecular formula is C19H19N3O4S. The predicted octanol–water partition coefficient (Wildman–Crippen LogP) is 2.99. The normalized spacial score (nSPS) is 12.5.